The van der Waals surface area contributed by atoms with Crippen LogP contribution in [0.5, 0.6) is 0 Å². The zero-order valence-electron chi connectivity index (χ0n) is 14.1. The molecule has 2 saturated carbocycles. The molecule has 2 aliphatic carbocycles. The van der Waals surface area contributed by atoms with Gasteiger partial charge in [0.05, 0.1) is 0 Å². The number of nitrogens with zero attached hydrogens (tertiary/aromatic N) is 1. The predicted molar refractivity (Wildman–Crippen MR) is 84.3 cm³/mol. The van der Waals surface area contributed by atoms with E-state index in [9.17, 15) is 0 Å². The normalized spacial score (nSPS) is 38.1. The Morgan fingerprint density at radius 2 is 1.68 bits per heavy atom. The van der Waals surface area contributed by atoms with Gasteiger partial charge in [0.2, 0.25) is 0 Å². The Bertz CT molecular complexity index is 291. The summed E-state index contributed by atoms with van der Waals surface area (Å²) in [6.45, 7) is 13.1. The minimum Gasteiger partial charge on any atom is -0.304 e. The van der Waals surface area contributed by atoms with Gasteiger partial charge in [-0.2, -0.15) is 0 Å². The molecular formula is C18H35N. The minimum absolute atomic E-state index is 0.692. The Morgan fingerprint density at radius 1 is 1.11 bits per heavy atom. The van der Waals surface area contributed by atoms with E-state index in [4.69, 9.17) is 0 Å². The fraction of sp³-hybridized carbons (Fsp3) is 1.00. The van der Waals surface area contributed by atoms with Crippen LogP contribution >= 0.6 is 0 Å². The van der Waals surface area contributed by atoms with Crippen molar-refractivity contribution >= 4 is 0 Å². The van der Waals surface area contributed by atoms with Crippen molar-refractivity contribution in [3.63, 3.8) is 0 Å². The molecule has 2 aliphatic rings. The number of hydrogen-bond donors (Lipinski definition) is 0. The molecule has 2 fully saturated rings. The van der Waals surface area contributed by atoms with Crippen molar-refractivity contribution in [3.05, 3.63) is 0 Å². The zero-order valence-corrected chi connectivity index (χ0v) is 14.1. The van der Waals surface area contributed by atoms with Crippen molar-refractivity contribution in [1.29, 1.82) is 0 Å². The van der Waals surface area contributed by atoms with E-state index in [2.05, 4.69) is 46.6 Å². The van der Waals surface area contributed by atoms with Crippen LogP contribution in [0.1, 0.15) is 73.1 Å². The van der Waals surface area contributed by atoms with E-state index in [0.29, 0.717) is 11.5 Å². The van der Waals surface area contributed by atoms with Gasteiger partial charge in [0.1, 0.15) is 0 Å². The quantitative estimate of drug-likeness (QED) is 0.656. The third-order valence-corrected chi connectivity index (χ3v) is 6.46. The molecule has 0 aromatic carbocycles. The summed E-state index contributed by atoms with van der Waals surface area (Å²) in [5.74, 6) is 1.95. The molecule has 0 saturated heterocycles. The van der Waals surface area contributed by atoms with Crippen LogP contribution in [0.3, 0.4) is 0 Å². The van der Waals surface area contributed by atoms with Gasteiger partial charge in [-0.3, -0.25) is 0 Å². The van der Waals surface area contributed by atoms with Gasteiger partial charge in [-0.05, 0) is 82.2 Å². The van der Waals surface area contributed by atoms with Crippen LogP contribution < -0.4 is 0 Å². The smallest absolute Gasteiger partial charge is 0.00355 e. The second kappa shape index (κ2) is 5.39. The highest BCUT2D eigenvalue weighted by Gasteiger charge is 2.58. The molecule has 0 aromatic rings. The minimum atomic E-state index is 0.692. The largest absolute Gasteiger partial charge is 0.304 e. The molecule has 0 heterocycles. The highest BCUT2D eigenvalue weighted by Crippen LogP contribution is 2.69. The second-order valence-electron chi connectivity index (χ2n) is 8.44. The Hall–Kier alpha value is -0.0400. The molecule has 0 radical (unpaired) electrons. The van der Waals surface area contributed by atoms with E-state index in [1.54, 1.807) is 0 Å². The maximum atomic E-state index is 2.51. The monoisotopic (exact) mass is 265 g/mol. The van der Waals surface area contributed by atoms with Crippen molar-refractivity contribution in [2.45, 2.75) is 79.2 Å². The van der Waals surface area contributed by atoms with Gasteiger partial charge in [-0.15, -0.1) is 0 Å². The lowest BCUT2D eigenvalue weighted by atomic mass is 9.40. The average Bonchev–Trinajstić information content (AvgIpc) is 2.24. The van der Waals surface area contributed by atoms with Crippen molar-refractivity contribution in [3.8, 4) is 0 Å². The molecule has 0 bridgehead atoms. The zero-order chi connectivity index (χ0) is 14.3. The van der Waals surface area contributed by atoms with Gasteiger partial charge >= 0.3 is 0 Å². The third kappa shape index (κ3) is 3.01. The van der Waals surface area contributed by atoms with Gasteiger partial charge in [-0.25, -0.2) is 0 Å². The van der Waals surface area contributed by atoms with Crippen LogP contribution in [-0.4, -0.2) is 24.5 Å². The van der Waals surface area contributed by atoms with Gasteiger partial charge in [0, 0.05) is 6.04 Å². The molecule has 19 heavy (non-hydrogen) atoms. The topological polar surface area (TPSA) is 3.24 Å². The van der Waals surface area contributed by atoms with Crippen molar-refractivity contribution in [2.75, 3.05) is 13.6 Å². The van der Waals surface area contributed by atoms with Crippen molar-refractivity contribution in [2.24, 2.45) is 22.7 Å². The first-order valence-electron chi connectivity index (χ1n) is 8.52. The molecule has 2 rings (SSSR count). The first kappa shape index (κ1) is 15.4. The molecule has 0 aliphatic heterocycles. The van der Waals surface area contributed by atoms with Gasteiger partial charge in [0.25, 0.3) is 0 Å². The SMILES string of the molecule is CCC1(CCN(C)C(C)C)CC2(CC(C(C)C)C2)C1. The van der Waals surface area contributed by atoms with E-state index in [-0.39, 0.29) is 0 Å². The van der Waals surface area contributed by atoms with Crippen LogP contribution in [0, 0.1) is 22.7 Å². The summed E-state index contributed by atoms with van der Waals surface area (Å²) in [6.07, 6.45) is 8.95. The fourth-order valence-electron chi connectivity index (χ4n) is 4.63. The van der Waals surface area contributed by atoms with E-state index >= 15 is 0 Å². The molecule has 1 nitrogen and oxygen atoms in total. The molecule has 1 heteroatoms. The van der Waals surface area contributed by atoms with Crippen LogP contribution in [0.15, 0.2) is 0 Å². The predicted octanol–water partition coefficient (Wildman–Crippen LogP) is 4.96. The molecule has 112 valence electrons. The molecule has 0 unspecified atom stereocenters. The van der Waals surface area contributed by atoms with Gasteiger partial charge < -0.3 is 4.90 Å². The molecule has 0 aromatic heterocycles. The summed E-state index contributed by atoms with van der Waals surface area (Å²) >= 11 is 0. The Morgan fingerprint density at radius 3 is 2.11 bits per heavy atom. The summed E-state index contributed by atoms with van der Waals surface area (Å²) in [5, 5.41) is 0. The molecule has 0 N–H and O–H groups in total. The van der Waals surface area contributed by atoms with Crippen LogP contribution in [0.25, 0.3) is 0 Å². The van der Waals surface area contributed by atoms with Gasteiger partial charge in [-0.1, -0.05) is 27.2 Å². The summed E-state index contributed by atoms with van der Waals surface area (Å²) in [4.78, 5) is 2.51. The van der Waals surface area contributed by atoms with E-state index < -0.39 is 0 Å². The maximum absolute atomic E-state index is 2.51. The van der Waals surface area contributed by atoms with Gasteiger partial charge in [0.15, 0.2) is 0 Å². The van der Waals surface area contributed by atoms with Crippen LogP contribution in [-0.2, 0) is 0 Å². The Kier molecular flexibility index (Phi) is 4.35. The van der Waals surface area contributed by atoms with Crippen molar-refractivity contribution in [1.82, 2.24) is 4.90 Å². The van der Waals surface area contributed by atoms with E-state index in [1.807, 2.05) is 0 Å². The summed E-state index contributed by atoms with van der Waals surface area (Å²) in [6, 6.07) is 0.692. The Labute approximate surface area is 121 Å². The van der Waals surface area contributed by atoms with Crippen LogP contribution in [0.4, 0.5) is 0 Å². The summed E-state index contributed by atoms with van der Waals surface area (Å²) in [5.41, 5.74) is 1.49. The lowest BCUT2D eigenvalue weighted by Crippen LogP contribution is -2.55. The summed E-state index contributed by atoms with van der Waals surface area (Å²) < 4.78 is 0. The van der Waals surface area contributed by atoms with E-state index in [1.165, 1.54) is 45.1 Å². The van der Waals surface area contributed by atoms with Crippen molar-refractivity contribution < 1.29 is 0 Å². The first-order chi connectivity index (χ1) is 8.81. The lowest BCUT2D eigenvalue weighted by molar-refractivity contribution is -0.144. The highest BCUT2D eigenvalue weighted by atomic mass is 15.1. The Balaban J connectivity index is 1.78. The molecular weight excluding hydrogens is 230 g/mol. The lowest BCUT2D eigenvalue weighted by Gasteiger charge is -2.65. The molecule has 1 spiro atoms. The molecule has 0 atom stereocenters. The third-order valence-electron chi connectivity index (χ3n) is 6.46. The maximum Gasteiger partial charge on any atom is 0.00355 e. The number of rotatable bonds is 6. The standard InChI is InChI=1S/C18H35N/c1-7-17(8-9-19(6)15(4)5)12-18(13-17)10-16(11-18)14(2)3/h14-16H,7-13H2,1-6H3. The van der Waals surface area contributed by atoms with Crippen LogP contribution in [0.2, 0.25) is 0 Å². The molecule has 0 amide bonds. The average molecular weight is 265 g/mol. The fourth-order valence-corrected chi connectivity index (χ4v) is 4.63. The second-order valence-corrected chi connectivity index (χ2v) is 8.44. The summed E-state index contributed by atoms with van der Waals surface area (Å²) in [7, 11) is 2.28. The first-order valence-corrected chi connectivity index (χ1v) is 8.52. The van der Waals surface area contributed by atoms with E-state index in [0.717, 1.165) is 17.3 Å². The highest BCUT2D eigenvalue weighted by molar-refractivity contribution is 5.09. The number of hydrogen-bond acceptors (Lipinski definition) is 1.